The summed E-state index contributed by atoms with van der Waals surface area (Å²) in [5.41, 5.74) is 4.88. The number of ether oxygens (including phenoxy) is 1. The highest BCUT2D eigenvalue weighted by atomic mass is 32.2. The molecule has 2 saturated heterocycles. The molecule has 4 unspecified atom stereocenters. The Kier molecular flexibility index (Phi) is 6.18. The van der Waals surface area contributed by atoms with Crippen LogP contribution >= 0.6 is 19.5 Å². The second-order valence-corrected chi connectivity index (χ2v) is 9.88. The number of carbonyl (C=O) groups excluding carboxylic acids is 1. The maximum atomic E-state index is 12.9. The molecule has 6 atom stereocenters. The molecule has 0 bridgehead atoms. The minimum absolute atomic E-state index is 0.0102. The van der Waals surface area contributed by atoms with Gasteiger partial charge in [-0.25, -0.2) is 14.4 Å². The maximum Gasteiger partial charge on any atom is 0.406 e. The number of aliphatic hydroxyl groups is 1. The number of aliphatic hydroxyl groups excluding tert-OH is 1. The molecule has 4 N–H and O–H groups in total. The lowest BCUT2D eigenvalue weighted by Gasteiger charge is -2.33. The molecule has 0 radical (unpaired) electrons. The summed E-state index contributed by atoms with van der Waals surface area (Å²) >= 11 is 1.25. The van der Waals surface area contributed by atoms with E-state index in [1.807, 2.05) is 0 Å². The molecule has 0 aromatic carbocycles. The zero-order valence-corrected chi connectivity index (χ0v) is 17.3. The van der Waals surface area contributed by atoms with Crippen molar-refractivity contribution in [1.29, 1.82) is 0 Å². The summed E-state index contributed by atoms with van der Waals surface area (Å²) in [6, 6.07) is 0.512. The van der Waals surface area contributed by atoms with Crippen molar-refractivity contribution in [3.8, 4) is 0 Å². The van der Waals surface area contributed by atoms with E-state index in [0.29, 0.717) is 0 Å². The van der Waals surface area contributed by atoms with Gasteiger partial charge < -0.3 is 15.6 Å². The van der Waals surface area contributed by atoms with Crippen LogP contribution in [-0.4, -0.2) is 56.8 Å². The summed E-state index contributed by atoms with van der Waals surface area (Å²) in [4.78, 5) is 27.7. The number of hydrogen-bond donors (Lipinski definition) is 3. The average Bonchev–Trinajstić information content (AvgIpc) is 2.90. The Morgan fingerprint density at radius 1 is 1.54 bits per heavy atom. The smallest absolute Gasteiger partial charge is 0.406 e. The van der Waals surface area contributed by atoms with Gasteiger partial charge in [0, 0.05) is 6.20 Å². The van der Waals surface area contributed by atoms with E-state index < -0.39 is 43.0 Å². The van der Waals surface area contributed by atoms with Gasteiger partial charge in [0.25, 0.3) is 0 Å². The molecule has 0 amide bonds. The van der Waals surface area contributed by atoms with Crippen LogP contribution in [0.1, 0.15) is 26.1 Å². The van der Waals surface area contributed by atoms with Gasteiger partial charge in [-0.3, -0.25) is 18.4 Å². The zero-order valence-electron chi connectivity index (χ0n) is 15.5. The lowest BCUT2D eigenvalue weighted by molar-refractivity contribution is -0.149. The Morgan fingerprint density at radius 3 is 2.89 bits per heavy atom. The molecule has 1 aromatic heterocycles. The van der Waals surface area contributed by atoms with E-state index in [0.717, 1.165) is 0 Å². The number of carbonyl (C=O) groups is 1. The monoisotopic (exact) mass is 434 g/mol. The Morgan fingerprint density at radius 2 is 2.25 bits per heavy atom. The molecule has 0 spiro atoms. The summed E-state index contributed by atoms with van der Waals surface area (Å²) in [5.74, 6) is -0.523. The number of nitrogens with two attached hydrogens (primary N) is 1. The summed E-state index contributed by atoms with van der Waals surface area (Å²) in [5, 5.41) is 12.1. The van der Waals surface area contributed by atoms with Crippen molar-refractivity contribution in [3.63, 3.8) is 0 Å². The summed E-state index contributed by atoms with van der Waals surface area (Å²) in [7, 11) is -3.86. The summed E-state index contributed by atoms with van der Waals surface area (Å²) in [6.07, 6.45) is -0.892. The number of nitrogen functional groups attached to an aromatic ring is 1. The number of fused-ring (bicyclic) bond motifs is 1. The van der Waals surface area contributed by atoms with E-state index >= 15 is 0 Å². The fraction of sp³-hybridized carbons (Fsp3) is 0.667. The number of nitrogens with zero attached hydrogens (tertiary/aromatic N) is 2. The molecule has 13 heteroatoms. The number of nitrogens with one attached hydrogen (secondary N) is 1. The molecule has 1 aromatic rings. The van der Waals surface area contributed by atoms with Crippen LogP contribution in [0.2, 0.25) is 0 Å². The second kappa shape index (κ2) is 8.13. The molecule has 28 heavy (non-hydrogen) atoms. The summed E-state index contributed by atoms with van der Waals surface area (Å²) in [6.45, 7) is 4.89. The van der Waals surface area contributed by atoms with Gasteiger partial charge in [-0.05, 0) is 26.8 Å². The van der Waals surface area contributed by atoms with Crippen molar-refractivity contribution in [2.75, 3.05) is 12.3 Å². The van der Waals surface area contributed by atoms with E-state index in [9.17, 15) is 19.3 Å². The minimum Gasteiger partial charge on any atom is -0.462 e. The number of thioether (sulfide) groups is 1. The van der Waals surface area contributed by atoms with Crippen molar-refractivity contribution in [2.24, 2.45) is 0 Å². The quantitative estimate of drug-likeness (QED) is 0.431. The van der Waals surface area contributed by atoms with Crippen molar-refractivity contribution in [3.05, 3.63) is 22.7 Å². The van der Waals surface area contributed by atoms with Gasteiger partial charge in [-0.2, -0.15) is 4.98 Å². The fourth-order valence-corrected chi connectivity index (χ4v) is 6.28. The van der Waals surface area contributed by atoms with E-state index in [1.54, 1.807) is 13.8 Å². The molecule has 156 valence electrons. The Hall–Kier alpha value is -1.43. The predicted molar refractivity (Wildman–Crippen MR) is 102 cm³/mol. The van der Waals surface area contributed by atoms with Gasteiger partial charge in [-0.1, -0.05) is 0 Å². The first kappa shape index (κ1) is 21.3. The number of hydrogen-bond acceptors (Lipinski definition) is 10. The van der Waals surface area contributed by atoms with Gasteiger partial charge >= 0.3 is 19.4 Å². The van der Waals surface area contributed by atoms with Crippen molar-refractivity contribution < 1.29 is 28.3 Å². The standard InChI is InChI=1S/C15H23N4O7PS/c1-7(2)25-14(21)8(3)18-27(23)24-6-9-12(26-27)11(20)13(28-9)19-5-4-10(16)17-15(19)22/h4-5,7-9,11-13,20H,6H2,1-3H3,(H,18,23)(H2,16,17,22)/t8?,9-,11?,12?,13-,27?/m1/s1. The van der Waals surface area contributed by atoms with Crippen LogP contribution in [0.15, 0.2) is 17.1 Å². The van der Waals surface area contributed by atoms with Crippen LogP contribution in [0.4, 0.5) is 5.82 Å². The van der Waals surface area contributed by atoms with E-state index in [2.05, 4.69) is 10.1 Å². The van der Waals surface area contributed by atoms with Crippen LogP contribution in [0.5, 0.6) is 0 Å². The van der Waals surface area contributed by atoms with Crippen LogP contribution < -0.4 is 16.5 Å². The molecular weight excluding hydrogens is 411 g/mol. The molecule has 2 aliphatic rings. The zero-order chi connectivity index (χ0) is 20.6. The minimum atomic E-state index is -3.86. The normalized spacial score (nSPS) is 33.5. The van der Waals surface area contributed by atoms with Gasteiger partial charge in [0.2, 0.25) is 0 Å². The van der Waals surface area contributed by atoms with Crippen LogP contribution in [0, 0.1) is 0 Å². The molecule has 0 aliphatic carbocycles. The van der Waals surface area contributed by atoms with E-state index in [4.69, 9.17) is 19.5 Å². The first-order valence-corrected chi connectivity index (χ1v) is 11.2. The number of anilines is 1. The van der Waals surface area contributed by atoms with Crippen molar-refractivity contribution in [1.82, 2.24) is 14.6 Å². The molecule has 3 heterocycles. The fourth-order valence-electron chi connectivity index (χ4n) is 2.89. The topological polar surface area (TPSA) is 155 Å². The molecular formula is C15H23N4O7PS. The average molecular weight is 434 g/mol. The van der Waals surface area contributed by atoms with Crippen molar-refractivity contribution >= 4 is 31.3 Å². The number of rotatable bonds is 5. The first-order chi connectivity index (χ1) is 13.1. The lowest BCUT2D eigenvalue weighted by atomic mass is 10.1. The van der Waals surface area contributed by atoms with Crippen molar-refractivity contribution in [2.45, 2.75) is 55.7 Å². The van der Waals surface area contributed by atoms with E-state index in [-0.39, 0.29) is 23.8 Å². The third kappa shape index (κ3) is 4.42. The SMILES string of the molecule is CC(C)OC(=O)C(C)NP1(=O)OC[C@H]2S[C@@H](n3ccc(N)nc3=O)C(O)C2O1. The third-order valence-corrected chi connectivity index (χ3v) is 7.41. The Labute approximate surface area is 165 Å². The molecule has 2 fully saturated rings. The lowest BCUT2D eigenvalue weighted by Crippen LogP contribution is -2.44. The van der Waals surface area contributed by atoms with Crippen LogP contribution in [0.3, 0.4) is 0 Å². The predicted octanol–water partition coefficient (Wildman–Crippen LogP) is 0.254. The van der Waals surface area contributed by atoms with Gasteiger partial charge in [0.15, 0.2) is 0 Å². The highest BCUT2D eigenvalue weighted by molar-refractivity contribution is 8.00. The molecule has 2 aliphatic heterocycles. The van der Waals surface area contributed by atoms with E-state index in [1.165, 1.54) is 35.5 Å². The molecule has 3 rings (SSSR count). The molecule has 11 nitrogen and oxygen atoms in total. The highest BCUT2D eigenvalue weighted by Crippen LogP contribution is 2.56. The van der Waals surface area contributed by atoms with Crippen LogP contribution in [0.25, 0.3) is 0 Å². The first-order valence-electron chi connectivity index (χ1n) is 8.69. The summed E-state index contributed by atoms with van der Waals surface area (Å²) < 4.78 is 30.1. The number of esters is 1. The van der Waals surface area contributed by atoms with Crippen LogP contribution in [-0.2, 0) is 23.1 Å². The third-order valence-electron chi connectivity index (χ3n) is 4.16. The van der Waals surface area contributed by atoms with Gasteiger partial charge in [0.1, 0.15) is 29.4 Å². The Bertz CT molecular complexity index is 850. The largest absolute Gasteiger partial charge is 0.462 e. The highest BCUT2D eigenvalue weighted by Gasteiger charge is 2.52. The van der Waals surface area contributed by atoms with Gasteiger partial charge in [-0.15, -0.1) is 11.8 Å². The van der Waals surface area contributed by atoms with Gasteiger partial charge in [0.05, 0.1) is 18.0 Å². The molecule has 0 saturated carbocycles. The number of aromatic nitrogens is 2. The maximum absolute atomic E-state index is 12.9. The Balaban J connectivity index is 1.71. The second-order valence-electron chi connectivity index (χ2n) is 6.80.